The average Bonchev–Trinajstić information content (AvgIpc) is 2.26. The Kier molecular flexibility index (Phi) is 4.32. The number of carbonyl (C=O) groups excluding carboxylic acids is 1. The van der Waals surface area contributed by atoms with Gasteiger partial charge in [-0.15, -0.1) is 0 Å². The van der Waals surface area contributed by atoms with Crippen LogP contribution >= 0.6 is 0 Å². The van der Waals surface area contributed by atoms with Crippen LogP contribution in [0.1, 0.15) is 43.6 Å². The number of nitrogens with two attached hydrogens (primary N) is 1. The lowest BCUT2D eigenvalue weighted by atomic mass is 9.86. The normalized spacial score (nSPS) is 12.5. The Morgan fingerprint density at radius 3 is 2.42 bits per heavy atom. The number of benzene rings is 1. The Morgan fingerprint density at radius 2 is 1.95 bits per heavy atom. The third-order valence-electron chi connectivity index (χ3n) is 3.58. The summed E-state index contributed by atoms with van der Waals surface area (Å²) in [5, 5.41) is 13.1. The van der Waals surface area contributed by atoms with Gasteiger partial charge in [0, 0.05) is 23.2 Å². The Balaban J connectivity index is 2.89. The highest BCUT2D eigenvalue weighted by atomic mass is 19.1. The Bertz CT molecular complexity index is 479. The van der Waals surface area contributed by atoms with Gasteiger partial charge in [-0.25, -0.2) is 4.39 Å². The lowest BCUT2D eigenvalue weighted by Gasteiger charge is -2.38. The summed E-state index contributed by atoms with van der Waals surface area (Å²) in [6, 6.07) is 3.99. The van der Waals surface area contributed by atoms with Crippen molar-refractivity contribution in [3.05, 3.63) is 35.1 Å². The van der Waals surface area contributed by atoms with E-state index < -0.39 is 22.9 Å². The zero-order valence-corrected chi connectivity index (χ0v) is 11.7. The molecule has 0 saturated heterocycles. The first-order chi connectivity index (χ1) is 8.54. The molecule has 0 aliphatic carbocycles. The quantitative estimate of drug-likeness (QED) is 0.758. The van der Waals surface area contributed by atoms with E-state index in [4.69, 9.17) is 5.73 Å². The predicted octanol–water partition coefficient (Wildman–Crippen LogP) is 1.56. The number of primary amides is 1. The maximum absolute atomic E-state index is 13.7. The van der Waals surface area contributed by atoms with E-state index in [9.17, 15) is 14.3 Å². The number of hydrogen-bond donors (Lipinski definition) is 3. The van der Waals surface area contributed by atoms with Gasteiger partial charge in [-0.3, -0.25) is 4.79 Å². The maximum atomic E-state index is 13.7. The molecule has 4 nitrogen and oxygen atoms in total. The largest absolute Gasteiger partial charge is 0.389 e. The molecular weight excluding hydrogens is 247 g/mol. The monoisotopic (exact) mass is 268 g/mol. The van der Waals surface area contributed by atoms with E-state index in [1.54, 1.807) is 13.8 Å². The minimum Gasteiger partial charge on any atom is -0.389 e. The van der Waals surface area contributed by atoms with E-state index >= 15 is 0 Å². The third kappa shape index (κ3) is 3.75. The molecule has 106 valence electrons. The summed E-state index contributed by atoms with van der Waals surface area (Å²) < 4.78 is 13.7. The second kappa shape index (κ2) is 5.27. The van der Waals surface area contributed by atoms with Crippen LogP contribution in [0.3, 0.4) is 0 Å². The van der Waals surface area contributed by atoms with Crippen LogP contribution in [-0.2, 0) is 6.54 Å². The first-order valence-corrected chi connectivity index (χ1v) is 6.10. The molecule has 1 rings (SSSR count). The lowest BCUT2D eigenvalue weighted by Crippen LogP contribution is -2.55. The fourth-order valence-corrected chi connectivity index (χ4v) is 1.40. The summed E-state index contributed by atoms with van der Waals surface area (Å²) in [6.45, 7) is 7.20. The molecule has 0 atom stereocenters. The summed E-state index contributed by atoms with van der Waals surface area (Å²) in [7, 11) is 0. The number of aliphatic hydroxyl groups is 1. The minimum atomic E-state index is -0.967. The first kappa shape index (κ1) is 15.6. The van der Waals surface area contributed by atoms with Crippen molar-refractivity contribution >= 4 is 5.91 Å². The standard InChI is InChI=1S/C14H21FN2O2/c1-13(2,14(3,4)19)17-8-10-7-9(12(16)18)5-6-11(10)15/h5-7,17,19H,8H2,1-4H3,(H2,16,18). The highest BCUT2D eigenvalue weighted by Gasteiger charge is 2.34. The molecule has 0 aromatic heterocycles. The van der Waals surface area contributed by atoms with Gasteiger partial charge in [0.2, 0.25) is 5.91 Å². The van der Waals surface area contributed by atoms with E-state index in [0.29, 0.717) is 5.56 Å². The molecule has 1 amide bonds. The van der Waals surface area contributed by atoms with Crippen molar-refractivity contribution in [1.29, 1.82) is 0 Å². The molecule has 0 heterocycles. The van der Waals surface area contributed by atoms with Crippen molar-refractivity contribution in [3.8, 4) is 0 Å². The molecule has 0 fully saturated rings. The van der Waals surface area contributed by atoms with E-state index in [1.807, 2.05) is 13.8 Å². The van der Waals surface area contributed by atoms with Crippen LogP contribution in [0.15, 0.2) is 18.2 Å². The Hall–Kier alpha value is -1.46. The van der Waals surface area contributed by atoms with Gasteiger partial charge in [0.05, 0.1) is 5.60 Å². The number of halogens is 1. The predicted molar refractivity (Wildman–Crippen MR) is 72.1 cm³/mol. The van der Waals surface area contributed by atoms with Crippen LogP contribution in [0.25, 0.3) is 0 Å². The zero-order valence-electron chi connectivity index (χ0n) is 11.7. The van der Waals surface area contributed by atoms with Crippen LogP contribution in [0.5, 0.6) is 0 Å². The second-order valence-electron chi connectivity index (χ2n) is 5.71. The van der Waals surface area contributed by atoms with Crippen molar-refractivity contribution in [1.82, 2.24) is 5.32 Å². The average molecular weight is 268 g/mol. The summed E-state index contributed by atoms with van der Waals surface area (Å²) in [4.78, 5) is 11.1. The van der Waals surface area contributed by atoms with Gasteiger partial charge in [-0.05, 0) is 45.9 Å². The summed E-state index contributed by atoms with van der Waals surface area (Å²) >= 11 is 0. The van der Waals surface area contributed by atoms with Crippen molar-refractivity contribution in [3.63, 3.8) is 0 Å². The van der Waals surface area contributed by atoms with Gasteiger partial charge in [-0.1, -0.05) is 0 Å². The highest BCUT2D eigenvalue weighted by molar-refractivity contribution is 5.92. The Morgan fingerprint density at radius 1 is 1.37 bits per heavy atom. The smallest absolute Gasteiger partial charge is 0.248 e. The number of amides is 1. The number of hydrogen-bond acceptors (Lipinski definition) is 3. The van der Waals surface area contributed by atoms with Gasteiger partial charge < -0.3 is 16.2 Å². The molecule has 0 unspecified atom stereocenters. The molecule has 1 aromatic rings. The van der Waals surface area contributed by atoms with Crippen molar-refractivity contribution in [2.24, 2.45) is 5.73 Å². The van der Waals surface area contributed by atoms with Crippen molar-refractivity contribution in [2.45, 2.75) is 45.4 Å². The van der Waals surface area contributed by atoms with E-state index in [1.165, 1.54) is 18.2 Å². The topological polar surface area (TPSA) is 75.3 Å². The summed E-state index contributed by atoms with van der Waals surface area (Å²) in [6.07, 6.45) is 0. The van der Waals surface area contributed by atoms with Crippen molar-refractivity contribution in [2.75, 3.05) is 0 Å². The third-order valence-corrected chi connectivity index (χ3v) is 3.58. The van der Waals surface area contributed by atoms with Crippen LogP contribution < -0.4 is 11.1 Å². The Labute approximate surface area is 112 Å². The molecule has 0 bridgehead atoms. The molecule has 0 saturated carbocycles. The fraction of sp³-hybridized carbons (Fsp3) is 0.500. The van der Waals surface area contributed by atoms with Gasteiger partial charge >= 0.3 is 0 Å². The molecule has 4 N–H and O–H groups in total. The zero-order chi connectivity index (χ0) is 14.8. The molecule has 5 heteroatoms. The molecule has 0 radical (unpaired) electrons. The fourth-order valence-electron chi connectivity index (χ4n) is 1.40. The van der Waals surface area contributed by atoms with Crippen molar-refractivity contribution < 1.29 is 14.3 Å². The second-order valence-corrected chi connectivity index (χ2v) is 5.71. The van der Waals surface area contributed by atoms with E-state index in [2.05, 4.69) is 5.32 Å². The van der Waals surface area contributed by atoms with E-state index in [-0.39, 0.29) is 12.1 Å². The molecule has 0 spiro atoms. The minimum absolute atomic E-state index is 0.198. The van der Waals surface area contributed by atoms with E-state index in [0.717, 1.165) is 0 Å². The van der Waals surface area contributed by atoms with Crippen LogP contribution in [-0.4, -0.2) is 22.2 Å². The molecule has 19 heavy (non-hydrogen) atoms. The lowest BCUT2D eigenvalue weighted by molar-refractivity contribution is -0.00544. The van der Waals surface area contributed by atoms with Crippen LogP contribution in [0.2, 0.25) is 0 Å². The van der Waals surface area contributed by atoms with Crippen LogP contribution in [0, 0.1) is 5.82 Å². The summed E-state index contributed by atoms with van der Waals surface area (Å²) in [5.41, 5.74) is 4.19. The van der Waals surface area contributed by atoms with Crippen LogP contribution in [0.4, 0.5) is 4.39 Å². The molecule has 1 aromatic carbocycles. The van der Waals surface area contributed by atoms with Gasteiger partial charge in [-0.2, -0.15) is 0 Å². The number of rotatable bonds is 5. The number of nitrogens with one attached hydrogen (secondary N) is 1. The maximum Gasteiger partial charge on any atom is 0.248 e. The molecular formula is C14H21FN2O2. The van der Waals surface area contributed by atoms with Gasteiger partial charge in [0.15, 0.2) is 0 Å². The van der Waals surface area contributed by atoms with Gasteiger partial charge in [0.25, 0.3) is 0 Å². The number of carbonyl (C=O) groups is 1. The molecule has 0 aliphatic rings. The molecule has 0 aliphatic heterocycles. The highest BCUT2D eigenvalue weighted by Crippen LogP contribution is 2.21. The SMILES string of the molecule is CC(C)(O)C(C)(C)NCc1cc(C(N)=O)ccc1F. The summed E-state index contributed by atoms with van der Waals surface area (Å²) in [5.74, 6) is -1.01. The van der Waals surface area contributed by atoms with Gasteiger partial charge in [0.1, 0.15) is 5.82 Å². The first-order valence-electron chi connectivity index (χ1n) is 6.10.